The van der Waals surface area contributed by atoms with E-state index in [1.807, 2.05) is 19.1 Å². The molecule has 0 unspecified atom stereocenters. The van der Waals surface area contributed by atoms with Gasteiger partial charge in [0.05, 0.1) is 13.2 Å². The molecular weight excluding hydrogens is 252 g/mol. The monoisotopic (exact) mass is 266 g/mol. The number of hydrogen-bond acceptors (Lipinski definition) is 3. The number of rotatable bonds is 4. The fraction of sp³-hybridized carbons (Fsp3) is 0.385. The Balaban J connectivity index is 2.93. The minimum atomic E-state index is -0.226. The molecule has 0 atom stereocenters. The van der Waals surface area contributed by atoms with Gasteiger partial charge in [0.1, 0.15) is 12.2 Å². The van der Waals surface area contributed by atoms with Crippen LogP contribution < -0.4 is 4.74 Å². The number of amides is 1. The number of carbonyl (C=O) groups excluding carboxylic acids is 1. The summed E-state index contributed by atoms with van der Waals surface area (Å²) in [4.78, 5) is 13.0. The van der Waals surface area contributed by atoms with Gasteiger partial charge in [0.2, 0.25) is 5.91 Å². The molecule has 0 aliphatic rings. The Morgan fingerprint density at radius 1 is 1.56 bits per heavy atom. The summed E-state index contributed by atoms with van der Waals surface area (Å²) < 4.78 is 5.26. The average molecular weight is 267 g/mol. The van der Waals surface area contributed by atoms with E-state index in [0.717, 1.165) is 11.1 Å². The summed E-state index contributed by atoms with van der Waals surface area (Å²) in [7, 11) is 3.22. The van der Waals surface area contributed by atoms with E-state index < -0.39 is 0 Å². The van der Waals surface area contributed by atoms with Crippen LogP contribution in [0.2, 0.25) is 5.02 Å². The number of hydrogen-bond donors (Lipinski definition) is 0. The summed E-state index contributed by atoms with van der Waals surface area (Å²) in [6.45, 7) is 2.25. The van der Waals surface area contributed by atoms with Crippen molar-refractivity contribution in [2.45, 2.75) is 19.9 Å². The molecule has 0 heterocycles. The first kappa shape index (κ1) is 14.3. The lowest BCUT2D eigenvalue weighted by molar-refractivity contribution is -0.129. The topological polar surface area (TPSA) is 53.3 Å². The number of ether oxygens (including phenoxy) is 1. The summed E-state index contributed by atoms with van der Waals surface area (Å²) in [6.07, 6.45) is -0.127. The minimum absolute atomic E-state index is 0.127. The molecule has 0 aliphatic heterocycles. The lowest BCUT2D eigenvalue weighted by Crippen LogP contribution is -2.25. The number of carbonyl (C=O) groups is 1. The highest BCUT2D eigenvalue weighted by Crippen LogP contribution is 2.27. The molecule has 96 valence electrons. The third-order valence-corrected chi connectivity index (χ3v) is 3.03. The number of aryl methyl sites for hydroxylation is 1. The Hall–Kier alpha value is -1.73. The van der Waals surface area contributed by atoms with Gasteiger partial charge in [0.25, 0.3) is 0 Å². The van der Waals surface area contributed by atoms with E-state index in [-0.39, 0.29) is 12.3 Å². The summed E-state index contributed by atoms with van der Waals surface area (Å²) in [6, 6.07) is 5.45. The zero-order valence-corrected chi connectivity index (χ0v) is 11.4. The zero-order valence-electron chi connectivity index (χ0n) is 10.7. The Kier molecular flexibility index (Phi) is 4.99. The molecule has 4 nitrogen and oxygen atoms in total. The van der Waals surface area contributed by atoms with Gasteiger partial charge in [-0.05, 0) is 24.6 Å². The van der Waals surface area contributed by atoms with Crippen LogP contribution in [-0.2, 0) is 11.3 Å². The smallest absolute Gasteiger partial charge is 0.236 e. The van der Waals surface area contributed by atoms with Gasteiger partial charge in [0, 0.05) is 24.2 Å². The maximum atomic E-state index is 11.5. The van der Waals surface area contributed by atoms with Crippen LogP contribution in [-0.4, -0.2) is 25.0 Å². The van der Waals surface area contributed by atoms with Gasteiger partial charge in [-0.3, -0.25) is 4.79 Å². The zero-order chi connectivity index (χ0) is 13.7. The lowest BCUT2D eigenvalue weighted by Gasteiger charge is -2.18. The number of halogens is 1. The van der Waals surface area contributed by atoms with E-state index in [0.29, 0.717) is 17.3 Å². The van der Waals surface area contributed by atoms with Gasteiger partial charge in [-0.1, -0.05) is 11.6 Å². The molecule has 0 aromatic heterocycles. The van der Waals surface area contributed by atoms with Gasteiger partial charge < -0.3 is 9.64 Å². The molecule has 1 rings (SSSR count). The molecule has 0 saturated heterocycles. The number of nitrogens with zero attached hydrogens (tertiary/aromatic N) is 2. The summed E-state index contributed by atoms with van der Waals surface area (Å²) >= 11 is 6.06. The molecule has 0 saturated carbocycles. The second-order valence-corrected chi connectivity index (χ2v) is 4.41. The highest BCUT2D eigenvalue weighted by Gasteiger charge is 2.13. The van der Waals surface area contributed by atoms with Crippen molar-refractivity contribution in [2.24, 2.45) is 0 Å². The maximum Gasteiger partial charge on any atom is 0.236 e. The van der Waals surface area contributed by atoms with Crippen LogP contribution in [0.5, 0.6) is 5.75 Å². The van der Waals surface area contributed by atoms with Crippen LogP contribution >= 0.6 is 11.6 Å². The van der Waals surface area contributed by atoms with Gasteiger partial charge in [-0.25, -0.2) is 0 Å². The molecular formula is C13H15ClN2O2. The Morgan fingerprint density at radius 3 is 2.78 bits per heavy atom. The number of methoxy groups -OCH3 is 1. The fourth-order valence-corrected chi connectivity index (χ4v) is 1.74. The first-order chi connectivity index (χ1) is 8.49. The van der Waals surface area contributed by atoms with Gasteiger partial charge in [-0.15, -0.1) is 0 Å². The van der Waals surface area contributed by atoms with Crippen LogP contribution in [0.3, 0.4) is 0 Å². The highest BCUT2D eigenvalue weighted by molar-refractivity contribution is 6.31. The molecule has 0 fully saturated rings. The Morgan fingerprint density at radius 2 is 2.22 bits per heavy atom. The predicted octanol–water partition coefficient (Wildman–Crippen LogP) is 2.53. The van der Waals surface area contributed by atoms with Crippen molar-refractivity contribution in [3.63, 3.8) is 0 Å². The molecule has 0 N–H and O–H groups in total. The van der Waals surface area contributed by atoms with Crippen molar-refractivity contribution in [3.05, 3.63) is 28.3 Å². The van der Waals surface area contributed by atoms with E-state index >= 15 is 0 Å². The lowest BCUT2D eigenvalue weighted by atomic mass is 10.1. The van der Waals surface area contributed by atoms with E-state index in [4.69, 9.17) is 21.6 Å². The molecule has 0 bridgehead atoms. The standard InChI is InChI=1S/C13H15ClN2O2/c1-9-6-12(18-3)10(7-11(9)14)8-16(2)13(17)4-5-15/h6-7H,4,8H2,1-3H3. The second kappa shape index (κ2) is 6.27. The molecule has 0 radical (unpaired) electrons. The van der Waals surface area contributed by atoms with Gasteiger partial charge >= 0.3 is 0 Å². The highest BCUT2D eigenvalue weighted by atomic mass is 35.5. The van der Waals surface area contributed by atoms with Crippen molar-refractivity contribution in [1.29, 1.82) is 5.26 Å². The largest absolute Gasteiger partial charge is 0.496 e. The number of nitriles is 1. The van der Waals surface area contributed by atoms with Crippen molar-refractivity contribution in [1.82, 2.24) is 4.90 Å². The second-order valence-electron chi connectivity index (χ2n) is 4.00. The SMILES string of the molecule is COc1cc(C)c(Cl)cc1CN(C)C(=O)CC#N. The van der Waals surface area contributed by atoms with E-state index in [1.54, 1.807) is 20.2 Å². The first-order valence-corrected chi connectivity index (χ1v) is 5.81. The third kappa shape index (κ3) is 3.38. The van der Waals surface area contributed by atoms with E-state index in [9.17, 15) is 4.79 Å². The summed E-state index contributed by atoms with van der Waals surface area (Å²) in [5.41, 5.74) is 1.74. The van der Waals surface area contributed by atoms with Crippen LogP contribution in [0.1, 0.15) is 17.5 Å². The molecule has 1 amide bonds. The minimum Gasteiger partial charge on any atom is -0.496 e. The van der Waals surface area contributed by atoms with Crippen molar-refractivity contribution in [3.8, 4) is 11.8 Å². The van der Waals surface area contributed by atoms with Crippen LogP contribution in [0, 0.1) is 18.3 Å². The molecule has 1 aromatic rings. The van der Waals surface area contributed by atoms with Crippen molar-refractivity contribution in [2.75, 3.05) is 14.2 Å². The summed E-state index contributed by atoms with van der Waals surface area (Å²) in [5, 5.41) is 9.12. The predicted molar refractivity (Wildman–Crippen MR) is 69.4 cm³/mol. The Bertz CT molecular complexity index is 494. The molecule has 18 heavy (non-hydrogen) atoms. The Labute approximate surface area is 112 Å². The van der Waals surface area contributed by atoms with Crippen LogP contribution in [0.15, 0.2) is 12.1 Å². The van der Waals surface area contributed by atoms with Gasteiger partial charge in [-0.2, -0.15) is 5.26 Å². The summed E-state index contributed by atoms with van der Waals surface area (Å²) in [5.74, 6) is 0.463. The van der Waals surface area contributed by atoms with Crippen molar-refractivity contribution < 1.29 is 9.53 Å². The first-order valence-electron chi connectivity index (χ1n) is 5.43. The van der Waals surface area contributed by atoms with Gasteiger partial charge in [0.15, 0.2) is 0 Å². The molecule has 5 heteroatoms. The number of benzene rings is 1. The molecule has 0 spiro atoms. The average Bonchev–Trinajstić information content (AvgIpc) is 2.33. The molecule has 1 aromatic carbocycles. The maximum absolute atomic E-state index is 11.5. The normalized spacial score (nSPS) is 9.72. The van der Waals surface area contributed by atoms with Crippen molar-refractivity contribution >= 4 is 17.5 Å². The quantitative estimate of drug-likeness (QED) is 0.841. The molecule has 0 aliphatic carbocycles. The third-order valence-electron chi connectivity index (χ3n) is 2.63. The van der Waals surface area contributed by atoms with E-state index in [1.165, 1.54) is 4.90 Å². The van der Waals surface area contributed by atoms with E-state index in [2.05, 4.69) is 0 Å². The van der Waals surface area contributed by atoms with Crippen LogP contribution in [0.25, 0.3) is 0 Å². The van der Waals surface area contributed by atoms with Crippen LogP contribution in [0.4, 0.5) is 0 Å². The fourth-order valence-electron chi connectivity index (χ4n) is 1.56.